The molecule has 3 heteroatoms. The minimum absolute atomic E-state index is 0.115. The predicted octanol–water partition coefficient (Wildman–Crippen LogP) is 2.37. The van der Waals surface area contributed by atoms with Crippen LogP contribution in [0.5, 0.6) is 0 Å². The number of nitrogens with zero attached hydrogens (tertiary/aromatic N) is 1. The SMILES string of the molecule is CC1Cc2ccccc2N(C(=O)C2CCCC2O)C1. The zero-order valence-electron chi connectivity index (χ0n) is 11.4. The molecule has 3 unspecified atom stereocenters. The van der Waals surface area contributed by atoms with Crippen molar-refractivity contribution >= 4 is 11.6 Å². The first-order valence-electron chi connectivity index (χ1n) is 7.24. The topological polar surface area (TPSA) is 40.5 Å². The summed E-state index contributed by atoms with van der Waals surface area (Å²) in [5.41, 5.74) is 2.30. The molecule has 1 aliphatic carbocycles. The molecule has 102 valence electrons. The molecule has 0 aromatic heterocycles. The fraction of sp³-hybridized carbons (Fsp3) is 0.562. The van der Waals surface area contributed by atoms with Gasteiger partial charge in [-0.2, -0.15) is 0 Å². The van der Waals surface area contributed by atoms with Crippen LogP contribution in [0.2, 0.25) is 0 Å². The third-order valence-corrected chi connectivity index (χ3v) is 4.41. The first-order valence-corrected chi connectivity index (χ1v) is 7.24. The van der Waals surface area contributed by atoms with Crippen molar-refractivity contribution in [3.63, 3.8) is 0 Å². The second kappa shape index (κ2) is 4.97. The maximum absolute atomic E-state index is 12.7. The van der Waals surface area contributed by atoms with Crippen LogP contribution in [-0.2, 0) is 11.2 Å². The molecule has 1 aliphatic heterocycles. The highest BCUT2D eigenvalue weighted by Crippen LogP contribution is 2.34. The second-order valence-electron chi connectivity index (χ2n) is 5.99. The summed E-state index contributed by atoms with van der Waals surface area (Å²) in [5, 5.41) is 9.96. The van der Waals surface area contributed by atoms with Crippen LogP contribution in [0.25, 0.3) is 0 Å². The summed E-state index contributed by atoms with van der Waals surface area (Å²) < 4.78 is 0. The van der Waals surface area contributed by atoms with E-state index in [0.717, 1.165) is 37.9 Å². The Morgan fingerprint density at radius 3 is 2.84 bits per heavy atom. The van der Waals surface area contributed by atoms with Crippen LogP contribution >= 0.6 is 0 Å². The van der Waals surface area contributed by atoms with Crippen molar-refractivity contribution in [3.8, 4) is 0 Å². The molecule has 1 amide bonds. The average molecular weight is 259 g/mol. The molecular formula is C16H21NO2. The molecule has 3 nitrogen and oxygen atoms in total. The lowest BCUT2D eigenvalue weighted by atomic mass is 9.92. The number of hydrogen-bond donors (Lipinski definition) is 1. The molecule has 0 bridgehead atoms. The molecule has 2 aliphatic rings. The van der Waals surface area contributed by atoms with Crippen LogP contribution in [0.4, 0.5) is 5.69 Å². The molecule has 1 saturated carbocycles. The Balaban J connectivity index is 1.90. The zero-order chi connectivity index (χ0) is 13.4. The number of para-hydroxylation sites is 1. The Kier molecular flexibility index (Phi) is 3.31. The van der Waals surface area contributed by atoms with E-state index in [1.807, 2.05) is 23.1 Å². The van der Waals surface area contributed by atoms with Gasteiger partial charge in [-0.1, -0.05) is 25.1 Å². The highest BCUT2D eigenvalue weighted by Gasteiger charge is 2.37. The summed E-state index contributed by atoms with van der Waals surface area (Å²) in [6, 6.07) is 8.15. The summed E-state index contributed by atoms with van der Waals surface area (Å²) >= 11 is 0. The first kappa shape index (κ1) is 12.7. The van der Waals surface area contributed by atoms with Gasteiger partial charge in [-0.3, -0.25) is 4.79 Å². The molecule has 1 heterocycles. The smallest absolute Gasteiger partial charge is 0.232 e. The maximum Gasteiger partial charge on any atom is 0.232 e. The van der Waals surface area contributed by atoms with Crippen LogP contribution in [0.3, 0.4) is 0 Å². The third kappa shape index (κ3) is 2.27. The Morgan fingerprint density at radius 1 is 1.32 bits per heavy atom. The number of carbonyl (C=O) groups excluding carboxylic acids is 1. The lowest BCUT2D eigenvalue weighted by Crippen LogP contribution is -2.44. The Hall–Kier alpha value is -1.35. The van der Waals surface area contributed by atoms with Crippen LogP contribution in [0.15, 0.2) is 24.3 Å². The molecule has 0 radical (unpaired) electrons. The molecule has 1 aromatic carbocycles. The number of fused-ring (bicyclic) bond motifs is 1. The van der Waals surface area contributed by atoms with Crippen molar-refractivity contribution in [2.24, 2.45) is 11.8 Å². The minimum Gasteiger partial charge on any atom is -0.392 e. The van der Waals surface area contributed by atoms with Crippen molar-refractivity contribution in [3.05, 3.63) is 29.8 Å². The van der Waals surface area contributed by atoms with Gasteiger partial charge >= 0.3 is 0 Å². The highest BCUT2D eigenvalue weighted by atomic mass is 16.3. The zero-order valence-corrected chi connectivity index (χ0v) is 11.4. The molecule has 1 fully saturated rings. The van der Waals surface area contributed by atoms with Crippen LogP contribution in [0, 0.1) is 11.8 Å². The monoisotopic (exact) mass is 259 g/mol. The fourth-order valence-electron chi connectivity index (χ4n) is 3.43. The van der Waals surface area contributed by atoms with E-state index in [1.165, 1.54) is 5.56 Å². The van der Waals surface area contributed by atoms with Crippen LogP contribution in [0.1, 0.15) is 31.7 Å². The number of hydrogen-bond acceptors (Lipinski definition) is 2. The Bertz CT molecular complexity index is 485. The largest absolute Gasteiger partial charge is 0.392 e. The Labute approximate surface area is 114 Å². The fourth-order valence-corrected chi connectivity index (χ4v) is 3.43. The molecule has 3 rings (SSSR count). The van der Waals surface area contributed by atoms with E-state index < -0.39 is 6.10 Å². The second-order valence-corrected chi connectivity index (χ2v) is 5.99. The van der Waals surface area contributed by atoms with Crippen molar-refractivity contribution in [1.82, 2.24) is 0 Å². The van der Waals surface area contributed by atoms with E-state index in [-0.39, 0.29) is 11.8 Å². The summed E-state index contributed by atoms with van der Waals surface area (Å²) in [6.45, 7) is 2.96. The Morgan fingerprint density at radius 2 is 2.11 bits per heavy atom. The summed E-state index contributed by atoms with van der Waals surface area (Å²) in [7, 11) is 0. The number of anilines is 1. The molecule has 1 N–H and O–H groups in total. The third-order valence-electron chi connectivity index (χ3n) is 4.41. The van der Waals surface area contributed by atoms with Gasteiger partial charge in [0.1, 0.15) is 0 Å². The van der Waals surface area contributed by atoms with Gasteiger partial charge in [0.05, 0.1) is 12.0 Å². The van der Waals surface area contributed by atoms with E-state index in [0.29, 0.717) is 5.92 Å². The van der Waals surface area contributed by atoms with Gasteiger partial charge in [0, 0.05) is 12.2 Å². The summed E-state index contributed by atoms with van der Waals surface area (Å²) in [6.07, 6.45) is 3.14. The number of benzene rings is 1. The summed E-state index contributed by atoms with van der Waals surface area (Å²) in [5.74, 6) is 0.403. The summed E-state index contributed by atoms with van der Waals surface area (Å²) in [4.78, 5) is 14.6. The standard InChI is InChI=1S/C16H21NO2/c1-11-9-12-5-2-3-7-14(12)17(10-11)16(19)13-6-4-8-15(13)18/h2-3,5,7,11,13,15,18H,4,6,8-10H2,1H3. The van der Waals surface area contributed by atoms with Gasteiger partial charge in [0.2, 0.25) is 5.91 Å². The van der Waals surface area contributed by atoms with Crippen molar-refractivity contribution in [2.75, 3.05) is 11.4 Å². The van der Waals surface area contributed by atoms with Crippen LogP contribution < -0.4 is 4.90 Å². The quantitative estimate of drug-likeness (QED) is 0.841. The molecule has 0 saturated heterocycles. The molecule has 1 aromatic rings. The van der Waals surface area contributed by atoms with Crippen molar-refractivity contribution in [2.45, 2.75) is 38.7 Å². The van der Waals surface area contributed by atoms with Crippen LogP contribution in [-0.4, -0.2) is 23.7 Å². The number of amides is 1. The lowest BCUT2D eigenvalue weighted by Gasteiger charge is -2.35. The van der Waals surface area contributed by atoms with Crippen molar-refractivity contribution < 1.29 is 9.90 Å². The molecular weight excluding hydrogens is 238 g/mol. The number of aliphatic hydroxyl groups excluding tert-OH is 1. The number of aliphatic hydroxyl groups is 1. The van der Waals surface area contributed by atoms with E-state index in [1.54, 1.807) is 0 Å². The number of carbonyl (C=O) groups is 1. The molecule has 19 heavy (non-hydrogen) atoms. The van der Waals surface area contributed by atoms with Gasteiger partial charge in [-0.15, -0.1) is 0 Å². The van der Waals surface area contributed by atoms with Gasteiger partial charge < -0.3 is 10.0 Å². The van der Waals surface area contributed by atoms with E-state index in [4.69, 9.17) is 0 Å². The first-order chi connectivity index (χ1) is 9.16. The van der Waals surface area contributed by atoms with Gasteiger partial charge in [0.15, 0.2) is 0 Å². The number of rotatable bonds is 1. The van der Waals surface area contributed by atoms with Gasteiger partial charge in [-0.05, 0) is 43.2 Å². The molecule has 3 atom stereocenters. The van der Waals surface area contributed by atoms with Gasteiger partial charge in [0.25, 0.3) is 0 Å². The highest BCUT2D eigenvalue weighted by molar-refractivity contribution is 5.96. The molecule has 0 spiro atoms. The van der Waals surface area contributed by atoms with E-state index in [9.17, 15) is 9.90 Å². The normalized spacial score (nSPS) is 30.2. The average Bonchev–Trinajstić information content (AvgIpc) is 2.83. The predicted molar refractivity (Wildman–Crippen MR) is 75.0 cm³/mol. The lowest BCUT2D eigenvalue weighted by molar-refractivity contribution is -0.125. The maximum atomic E-state index is 12.7. The van der Waals surface area contributed by atoms with Gasteiger partial charge in [-0.25, -0.2) is 0 Å². The van der Waals surface area contributed by atoms with E-state index in [2.05, 4.69) is 13.0 Å². The van der Waals surface area contributed by atoms with Crippen molar-refractivity contribution in [1.29, 1.82) is 0 Å². The minimum atomic E-state index is -0.447. The van der Waals surface area contributed by atoms with E-state index >= 15 is 0 Å².